The highest BCUT2D eigenvalue weighted by Crippen LogP contribution is 2.37. The quantitative estimate of drug-likeness (QED) is 0.631. The van der Waals surface area contributed by atoms with Gasteiger partial charge in [-0.1, -0.05) is 23.7 Å². The van der Waals surface area contributed by atoms with E-state index in [-0.39, 0.29) is 27.5 Å². The molecule has 0 radical (unpaired) electrons. The van der Waals surface area contributed by atoms with E-state index in [1.54, 1.807) is 6.07 Å². The summed E-state index contributed by atoms with van der Waals surface area (Å²) in [5.74, 6) is 0. The average molecular weight is 279 g/mol. The molecule has 0 saturated carbocycles. The van der Waals surface area contributed by atoms with Crippen LogP contribution in [0.25, 0.3) is 11.1 Å². The van der Waals surface area contributed by atoms with E-state index in [0.717, 1.165) is 0 Å². The summed E-state index contributed by atoms with van der Waals surface area (Å²) in [6, 6.07) is 9.89. The molecule has 0 heterocycles. The van der Waals surface area contributed by atoms with E-state index in [4.69, 9.17) is 11.6 Å². The van der Waals surface area contributed by atoms with Crippen molar-refractivity contribution < 1.29 is 9.85 Å². The van der Waals surface area contributed by atoms with Crippen LogP contribution in [0.5, 0.6) is 0 Å². The lowest BCUT2D eigenvalue weighted by Crippen LogP contribution is -1.95. The summed E-state index contributed by atoms with van der Waals surface area (Å²) < 4.78 is 0. The highest BCUT2D eigenvalue weighted by atomic mass is 35.5. The van der Waals surface area contributed by atoms with Gasteiger partial charge in [0.05, 0.1) is 21.0 Å². The van der Waals surface area contributed by atoms with Gasteiger partial charge in [0.2, 0.25) is 0 Å². The molecular weight excluding hydrogens is 272 g/mol. The van der Waals surface area contributed by atoms with Gasteiger partial charge in [0, 0.05) is 17.2 Å². The summed E-state index contributed by atoms with van der Waals surface area (Å²) in [4.78, 5) is 20.8. The fourth-order valence-electron chi connectivity index (χ4n) is 1.74. The number of hydrogen-bond donors (Lipinski definition) is 0. The third kappa shape index (κ3) is 2.53. The highest BCUT2D eigenvalue weighted by molar-refractivity contribution is 6.31. The molecule has 2 aromatic rings. The second kappa shape index (κ2) is 5.03. The van der Waals surface area contributed by atoms with Crippen LogP contribution < -0.4 is 0 Å². The van der Waals surface area contributed by atoms with Gasteiger partial charge in [0.15, 0.2) is 0 Å². The minimum absolute atomic E-state index is 0.168. The Morgan fingerprint density at radius 1 is 0.842 bits per heavy atom. The minimum atomic E-state index is -0.613. The van der Waals surface area contributed by atoms with Crippen LogP contribution in [0.2, 0.25) is 5.02 Å². The van der Waals surface area contributed by atoms with E-state index in [1.165, 1.54) is 36.4 Å². The maximum Gasteiger partial charge on any atom is 0.278 e. The van der Waals surface area contributed by atoms with Crippen LogP contribution in [0.1, 0.15) is 0 Å². The Labute approximate surface area is 112 Å². The number of para-hydroxylation sites is 1. The Balaban J connectivity index is 2.72. The molecule has 0 unspecified atom stereocenters. The second-order valence-electron chi connectivity index (χ2n) is 3.69. The molecule has 0 atom stereocenters. The summed E-state index contributed by atoms with van der Waals surface area (Å²) in [6.07, 6.45) is 0. The van der Waals surface area contributed by atoms with Crippen molar-refractivity contribution in [1.82, 2.24) is 0 Å². The molecule has 19 heavy (non-hydrogen) atoms. The summed E-state index contributed by atoms with van der Waals surface area (Å²) in [6.45, 7) is 0. The molecule has 0 N–H and O–H groups in total. The molecule has 0 aliphatic heterocycles. The van der Waals surface area contributed by atoms with E-state index < -0.39 is 9.85 Å². The fourth-order valence-corrected chi connectivity index (χ4v) is 1.91. The summed E-state index contributed by atoms with van der Waals surface area (Å²) in [5, 5.41) is 22.2. The van der Waals surface area contributed by atoms with E-state index in [9.17, 15) is 20.2 Å². The first-order chi connectivity index (χ1) is 9.00. The van der Waals surface area contributed by atoms with Crippen molar-refractivity contribution in [2.45, 2.75) is 0 Å². The molecule has 2 aromatic carbocycles. The largest absolute Gasteiger partial charge is 0.278 e. The maximum absolute atomic E-state index is 11.0. The van der Waals surface area contributed by atoms with Crippen molar-refractivity contribution in [1.29, 1.82) is 0 Å². The molecule has 0 aliphatic rings. The maximum atomic E-state index is 11.0. The van der Waals surface area contributed by atoms with Crippen LogP contribution in [-0.2, 0) is 0 Å². The number of nitro groups is 2. The molecule has 96 valence electrons. The van der Waals surface area contributed by atoms with Gasteiger partial charge in [-0.25, -0.2) is 0 Å². The first kappa shape index (κ1) is 13.0. The van der Waals surface area contributed by atoms with Gasteiger partial charge in [0.1, 0.15) is 0 Å². The molecule has 0 amide bonds. The van der Waals surface area contributed by atoms with Gasteiger partial charge >= 0.3 is 0 Å². The lowest BCUT2D eigenvalue weighted by Gasteiger charge is -2.04. The molecule has 0 saturated heterocycles. The van der Waals surface area contributed by atoms with E-state index >= 15 is 0 Å². The van der Waals surface area contributed by atoms with Crippen molar-refractivity contribution >= 4 is 23.0 Å². The van der Waals surface area contributed by atoms with Crippen LogP contribution in [0, 0.1) is 20.2 Å². The number of nitro benzene ring substituents is 2. The van der Waals surface area contributed by atoms with Crippen molar-refractivity contribution in [3.05, 3.63) is 67.7 Å². The lowest BCUT2D eigenvalue weighted by molar-refractivity contribution is -0.386. The number of hydrogen-bond acceptors (Lipinski definition) is 4. The molecule has 0 aromatic heterocycles. The normalized spacial score (nSPS) is 10.2. The van der Waals surface area contributed by atoms with Gasteiger partial charge in [0.25, 0.3) is 11.4 Å². The van der Waals surface area contributed by atoms with Crippen molar-refractivity contribution in [2.24, 2.45) is 0 Å². The highest BCUT2D eigenvalue weighted by Gasteiger charge is 2.22. The van der Waals surface area contributed by atoms with Gasteiger partial charge in [-0.05, 0) is 18.2 Å². The SMILES string of the molecule is O=[N+]([O-])c1ccccc1-c1ccc(Cl)cc1[N+](=O)[O-]. The molecule has 0 aliphatic carbocycles. The fraction of sp³-hybridized carbons (Fsp3) is 0. The molecular formula is C12H7ClN2O4. The number of benzene rings is 2. The zero-order valence-electron chi connectivity index (χ0n) is 9.45. The number of rotatable bonds is 3. The Bertz CT molecular complexity index is 673. The monoisotopic (exact) mass is 278 g/mol. The van der Waals surface area contributed by atoms with Crippen LogP contribution in [0.3, 0.4) is 0 Å². The third-order valence-corrected chi connectivity index (χ3v) is 2.78. The molecule has 0 bridgehead atoms. The molecule has 7 heteroatoms. The summed E-state index contributed by atoms with van der Waals surface area (Å²) in [7, 11) is 0. The molecule has 6 nitrogen and oxygen atoms in total. The lowest BCUT2D eigenvalue weighted by atomic mass is 10.0. The Morgan fingerprint density at radius 2 is 1.42 bits per heavy atom. The van der Waals surface area contributed by atoms with Crippen molar-refractivity contribution in [3.8, 4) is 11.1 Å². The van der Waals surface area contributed by atoms with E-state index in [0.29, 0.717) is 0 Å². The smallest absolute Gasteiger partial charge is 0.258 e. The summed E-state index contributed by atoms with van der Waals surface area (Å²) >= 11 is 5.71. The van der Waals surface area contributed by atoms with Crippen LogP contribution in [0.15, 0.2) is 42.5 Å². The van der Waals surface area contributed by atoms with Crippen LogP contribution in [-0.4, -0.2) is 9.85 Å². The second-order valence-corrected chi connectivity index (χ2v) is 4.13. The number of halogens is 1. The molecule has 0 fully saturated rings. The van der Waals surface area contributed by atoms with Crippen LogP contribution >= 0.6 is 11.6 Å². The first-order valence-corrected chi connectivity index (χ1v) is 5.56. The first-order valence-electron chi connectivity index (χ1n) is 5.18. The minimum Gasteiger partial charge on any atom is -0.258 e. The van der Waals surface area contributed by atoms with Crippen LogP contribution in [0.4, 0.5) is 11.4 Å². The van der Waals surface area contributed by atoms with Gasteiger partial charge in [-0.2, -0.15) is 0 Å². The van der Waals surface area contributed by atoms with E-state index in [2.05, 4.69) is 0 Å². The van der Waals surface area contributed by atoms with Gasteiger partial charge in [-0.15, -0.1) is 0 Å². The predicted molar refractivity (Wildman–Crippen MR) is 70.2 cm³/mol. The molecule has 2 rings (SSSR count). The van der Waals surface area contributed by atoms with Gasteiger partial charge < -0.3 is 0 Å². The topological polar surface area (TPSA) is 86.3 Å². The Morgan fingerprint density at radius 3 is 2.05 bits per heavy atom. The van der Waals surface area contributed by atoms with Crippen molar-refractivity contribution in [3.63, 3.8) is 0 Å². The standard InChI is InChI=1S/C12H7ClN2O4/c13-8-5-6-10(12(7-8)15(18)19)9-3-1-2-4-11(9)14(16)17/h1-7H. The zero-order chi connectivity index (χ0) is 14.0. The Hall–Kier alpha value is -2.47. The molecule has 0 spiro atoms. The average Bonchev–Trinajstić information content (AvgIpc) is 2.38. The van der Waals surface area contributed by atoms with Gasteiger partial charge in [-0.3, -0.25) is 20.2 Å². The third-order valence-electron chi connectivity index (χ3n) is 2.55. The zero-order valence-corrected chi connectivity index (χ0v) is 10.2. The van der Waals surface area contributed by atoms with Crippen molar-refractivity contribution in [2.75, 3.05) is 0 Å². The predicted octanol–water partition coefficient (Wildman–Crippen LogP) is 3.82. The summed E-state index contributed by atoms with van der Waals surface area (Å²) in [5.41, 5.74) is -0.0905. The number of nitrogens with zero attached hydrogens (tertiary/aromatic N) is 2. The van der Waals surface area contributed by atoms with E-state index in [1.807, 2.05) is 0 Å². The Kier molecular flexibility index (Phi) is 3.43.